The number of ether oxygens (including phenoxy) is 2. The second kappa shape index (κ2) is 5.22. The van der Waals surface area contributed by atoms with E-state index in [2.05, 4.69) is 4.74 Å². The van der Waals surface area contributed by atoms with Gasteiger partial charge in [0, 0.05) is 5.56 Å². The molecule has 0 radical (unpaired) electrons. The van der Waals surface area contributed by atoms with Crippen LogP contribution in [0.2, 0.25) is 0 Å². The molecule has 5 nitrogen and oxygen atoms in total. The average molecular weight is 262 g/mol. The molecule has 0 heterocycles. The highest BCUT2D eigenvalue weighted by molar-refractivity contribution is 6.39. The molecule has 0 amide bonds. The van der Waals surface area contributed by atoms with Gasteiger partial charge in [-0.05, 0) is 30.5 Å². The van der Waals surface area contributed by atoms with Gasteiger partial charge in [0.15, 0.2) is 5.78 Å². The van der Waals surface area contributed by atoms with Crippen molar-refractivity contribution in [1.82, 2.24) is 0 Å². The number of ketones is 2. The third-order valence-corrected chi connectivity index (χ3v) is 3.30. The molecule has 0 bridgehead atoms. The maximum Gasteiger partial charge on any atom is 0.375 e. The van der Waals surface area contributed by atoms with Crippen LogP contribution < -0.4 is 4.74 Å². The van der Waals surface area contributed by atoms with Crippen molar-refractivity contribution in [2.24, 2.45) is 5.92 Å². The molecule has 0 saturated carbocycles. The zero-order valence-corrected chi connectivity index (χ0v) is 10.8. The Bertz CT molecular complexity index is 547. The summed E-state index contributed by atoms with van der Waals surface area (Å²) in [6, 6.07) is 5.19. The van der Waals surface area contributed by atoms with E-state index in [0.717, 1.165) is 12.7 Å². The van der Waals surface area contributed by atoms with Crippen LogP contribution in [0, 0.1) is 5.92 Å². The van der Waals surface area contributed by atoms with Gasteiger partial charge >= 0.3 is 5.97 Å². The number of esters is 1. The quantitative estimate of drug-likeness (QED) is 0.465. The summed E-state index contributed by atoms with van der Waals surface area (Å²) < 4.78 is 9.45. The van der Waals surface area contributed by atoms with Crippen LogP contribution in [-0.4, -0.2) is 31.8 Å². The zero-order chi connectivity index (χ0) is 14.0. The van der Waals surface area contributed by atoms with Gasteiger partial charge in [0.1, 0.15) is 5.75 Å². The molecule has 5 heteroatoms. The Balaban J connectivity index is 2.33. The minimum Gasteiger partial charge on any atom is -0.497 e. The third kappa shape index (κ3) is 2.36. The molecule has 1 aliphatic rings. The Morgan fingerprint density at radius 1 is 1.26 bits per heavy atom. The molecular formula is C14H14O5. The smallest absolute Gasteiger partial charge is 0.375 e. The first kappa shape index (κ1) is 13.3. The van der Waals surface area contributed by atoms with E-state index in [9.17, 15) is 14.4 Å². The van der Waals surface area contributed by atoms with E-state index >= 15 is 0 Å². The van der Waals surface area contributed by atoms with Gasteiger partial charge in [-0.2, -0.15) is 0 Å². The van der Waals surface area contributed by atoms with Gasteiger partial charge in [0.2, 0.25) is 0 Å². The van der Waals surface area contributed by atoms with E-state index in [1.54, 1.807) is 12.1 Å². The topological polar surface area (TPSA) is 69.7 Å². The van der Waals surface area contributed by atoms with Gasteiger partial charge in [-0.25, -0.2) is 4.79 Å². The van der Waals surface area contributed by atoms with Crippen molar-refractivity contribution in [3.05, 3.63) is 29.3 Å². The van der Waals surface area contributed by atoms with Gasteiger partial charge in [-0.3, -0.25) is 9.59 Å². The molecule has 0 saturated heterocycles. The highest BCUT2D eigenvalue weighted by Gasteiger charge is 2.36. The van der Waals surface area contributed by atoms with Gasteiger partial charge in [-0.1, -0.05) is 6.07 Å². The number of aryl methyl sites for hydroxylation is 1. The fourth-order valence-corrected chi connectivity index (χ4v) is 2.24. The molecule has 1 aromatic carbocycles. The largest absolute Gasteiger partial charge is 0.497 e. The van der Waals surface area contributed by atoms with Crippen molar-refractivity contribution in [3.63, 3.8) is 0 Å². The number of benzene rings is 1. The molecule has 1 aliphatic carbocycles. The number of hydrogen-bond donors (Lipinski definition) is 0. The van der Waals surface area contributed by atoms with Gasteiger partial charge in [0.25, 0.3) is 5.78 Å². The molecule has 2 rings (SSSR count). The van der Waals surface area contributed by atoms with Crippen molar-refractivity contribution < 1.29 is 23.9 Å². The third-order valence-electron chi connectivity index (χ3n) is 3.30. The van der Waals surface area contributed by atoms with Crippen LogP contribution in [0.5, 0.6) is 5.75 Å². The summed E-state index contributed by atoms with van der Waals surface area (Å²) >= 11 is 0. The first-order valence-corrected chi connectivity index (χ1v) is 5.91. The molecule has 0 spiro atoms. The maximum absolute atomic E-state index is 12.3. The van der Waals surface area contributed by atoms with Crippen LogP contribution in [0.15, 0.2) is 18.2 Å². The van der Waals surface area contributed by atoms with Crippen molar-refractivity contribution in [2.45, 2.75) is 12.8 Å². The summed E-state index contributed by atoms with van der Waals surface area (Å²) in [4.78, 5) is 35.3. The highest BCUT2D eigenvalue weighted by Crippen LogP contribution is 2.29. The SMILES string of the molecule is COC(=O)C(=O)C1CCc2ccc(OC)cc2C1=O. The lowest BCUT2D eigenvalue weighted by Gasteiger charge is -2.21. The highest BCUT2D eigenvalue weighted by atomic mass is 16.5. The number of hydrogen-bond acceptors (Lipinski definition) is 5. The minimum absolute atomic E-state index is 0.337. The Kier molecular flexibility index (Phi) is 3.64. The number of fused-ring (bicyclic) bond motifs is 1. The summed E-state index contributed by atoms with van der Waals surface area (Å²) in [5, 5.41) is 0. The molecule has 19 heavy (non-hydrogen) atoms. The van der Waals surface area contributed by atoms with Crippen molar-refractivity contribution >= 4 is 17.5 Å². The van der Waals surface area contributed by atoms with Crippen molar-refractivity contribution in [3.8, 4) is 5.75 Å². The van der Waals surface area contributed by atoms with E-state index in [1.807, 2.05) is 6.07 Å². The van der Waals surface area contributed by atoms with Crippen molar-refractivity contribution in [1.29, 1.82) is 0 Å². The fraction of sp³-hybridized carbons (Fsp3) is 0.357. The summed E-state index contributed by atoms with van der Waals surface area (Å²) in [7, 11) is 2.64. The van der Waals surface area contributed by atoms with Crippen LogP contribution in [-0.2, 0) is 20.7 Å². The zero-order valence-electron chi connectivity index (χ0n) is 10.8. The lowest BCUT2D eigenvalue weighted by Crippen LogP contribution is -2.34. The van der Waals surface area contributed by atoms with E-state index in [4.69, 9.17) is 4.74 Å². The maximum atomic E-state index is 12.3. The number of rotatable bonds is 3. The van der Waals surface area contributed by atoms with Crippen LogP contribution in [0.25, 0.3) is 0 Å². The predicted molar refractivity (Wildman–Crippen MR) is 66.2 cm³/mol. The Labute approximate surface area is 110 Å². The molecule has 0 fully saturated rings. The van der Waals surface area contributed by atoms with Crippen molar-refractivity contribution in [2.75, 3.05) is 14.2 Å². The monoisotopic (exact) mass is 262 g/mol. The predicted octanol–water partition coefficient (Wildman–Crippen LogP) is 1.18. The Hall–Kier alpha value is -2.17. The summed E-state index contributed by atoms with van der Waals surface area (Å²) in [6.07, 6.45) is 0.921. The molecule has 0 N–H and O–H groups in total. The summed E-state index contributed by atoms with van der Waals surface area (Å²) in [6.45, 7) is 0. The first-order chi connectivity index (χ1) is 9.08. The summed E-state index contributed by atoms with van der Waals surface area (Å²) in [5.74, 6) is -2.47. The second-order valence-electron chi connectivity index (χ2n) is 4.33. The molecular weight excluding hydrogens is 248 g/mol. The molecule has 1 unspecified atom stereocenters. The van der Waals surface area contributed by atoms with Gasteiger partial charge in [-0.15, -0.1) is 0 Å². The molecule has 0 aromatic heterocycles. The van der Waals surface area contributed by atoms with Crippen LogP contribution in [0.4, 0.5) is 0 Å². The average Bonchev–Trinajstić information content (AvgIpc) is 2.46. The van der Waals surface area contributed by atoms with Crippen LogP contribution >= 0.6 is 0 Å². The number of methoxy groups -OCH3 is 2. The number of carbonyl (C=O) groups excluding carboxylic acids is 3. The Morgan fingerprint density at radius 3 is 2.63 bits per heavy atom. The standard InChI is InChI=1S/C14H14O5/c1-18-9-5-3-8-4-6-10(12(15)11(8)7-9)13(16)14(17)19-2/h3,5,7,10H,4,6H2,1-2H3. The lowest BCUT2D eigenvalue weighted by atomic mass is 9.80. The molecule has 1 atom stereocenters. The molecule has 100 valence electrons. The molecule has 0 aliphatic heterocycles. The van der Waals surface area contributed by atoms with Crippen LogP contribution in [0.3, 0.4) is 0 Å². The first-order valence-electron chi connectivity index (χ1n) is 5.91. The van der Waals surface area contributed by atoms with E-state index < -0.39 is 17.7 Å². The molecule has 1 aromatic rings. The number of Topliss-reactive ketones (excluding diaryl/α,β-unsaturated/α-hetero) is 2. The normalized spacial score (nSPS) is 17.6. The minimum atomic E-state index is -0.968. The van der Waals surface area contributed by atoms with Crippen LogP contribution in [0.1, 0.15) is 22.3 Å². The van der Waals surface area contributed by atoms with Gasteiger partial charge in [0.05, 0.1) is 20.1 Å². The number of carbonyl (C=O) groups is 3. The fourth-order valence-electron chi connectivity index (χ4n) is 2.24. The summed E-state index contributed by atoms with van der Waals surface area (Å²) in [5.41, 5.74) is 1.33. The van der Waals surface area contributed by atoms with E-state index in [1.165, 1.54) is 7.11 Å². The van der Waals surface area contributed by atoms with Gasteiger partial charge < -0.3 is 9.47 Å². The lowest BCUT2D eigenvalue weighted by molar-refractivity contribution is -0.153. The van der Waals surface area contributed by atoms with E-state index in [-0.39, 0.29) is 5.78 Å². The Morgan fingerprint density at radius 2 is 2.00 bits per heavy atom. The second-order valence-corrected chi connectivity index (χ2v) is 4.33. The van der Waals surface area contributed by atoms with E-state index in [0.29, 0.717) is 24.2 Å².